The molecule has 24 heavy (non-hydrogen) atoms. The van der Waals surface area contributed by atoms with Crippen LogP contribution >= 0.6 is 0 Å². The molecule has 126 valence electrons. The van der Waals surface area contributed by atoms with E-state index in [2.05, 4.69) is 37.9 Å². The van der Waals surface area contributed by atoms with Crippen molar-refractivity contribution >= 4 is 16.9 Å². The van der Waals surface area contributed by atoms with Gasteiger partial charge in [0.1, 0.15) is 0 Å². The number of hydrogen-bond donors (Lipinski definition) is 3. The highest BCUT2D eigenvalue weighted by Crippen LogP contribution is 2.15. The lowest BCUT2D eigenvalue weighted by atomic mass is 10.2. The van der Waals surface area contributed by atoms with Crippen molar-refractivity contribution in [1.82, 2.24) is 25.8 Å². The van der Waals surface area contributed by atoms with Crippen LogP contribution in [0.1, 0.15) is 36.8 Å². The minimum atomic E-state index is -0.254. The first-order valence-corrected chi connectivity index (χ1v) is 8.07. The number of rotatable bonds is 6. The maximum Gasteiger partial charge on any atom is 0.315 e. The first kappa shape index (κ1) is 16.0. The summed E-state index contributed by atoms with van der Waals surface area (Å²) in [5, 5.41) is 10.8. The highest BCUT2D eigenvalue weighted by molar-refractivity contribution is 5.80. The van der Waals surface area contributed by atoms with Gasteiger partial charge < -0.3 is 20.1 Å². The van der Waals surface area contributed by atoms with Crippen LogP contribution in [0.2, 0.25) is 0 Å². The van der Waals surface area contributed by atoms with E-state index in [4.69, 9.17) is 4.52 Å². The van der Waals surface area contributed by atoms with E-state index >= 15 is 0 Å². The first-order chi connectivity index (χ1) is 11.7. The van der Waals surface area contributed by atoms with Crippen molar-refractivity contribution in [2.45, 2.75) is 32.7 Å². The van der Waals surface area contributed by atoms with Gasteiger partial charge in [0, 0.05) is 31.1 Å². The third-order valence-electron chi connectivity index (χ3n) is 3.83. The molecule has 1 aromatic carbocycles. The van der Waals surface area contributed by atoms with Gasteiger partial charge in [-0.25, -0.2) is 4.79 Å². The van der Waals surface area contributed by atoms with Crippen LogP contribution in [0.15, 0.2) is 34.9 Å². The molecule has 0 saturated carbocycles. The largest absolute Gasteiger partial charge is 0.358 e. The van der Waals surface area contributed by atoms with Gasteiger partial charge in [0.15, 0.2) is 5.82 Å². The molecule has 0 bridgehead atoms. The minimum absolute atomic E-state index is 0.236. The van der Waals surface area contributed by atoms with Crippen LogP contribution in [0.4, 0.5) is 4.79 Å². The summed E-state index contributed by atoms with van der Waals surface area (Å²) in [6, 6.07) is 9.73. The fourth-order valence-electron chi connectivity index (χ4n) is 2.59. The zero-order valence-electron chi connectivity index (χ0n) is 13.8. The summed E-state index contributed by atoms with van der Waals surface area (Å²) in [5.74, 6) is 0.991. The molecule has 3 N–H and O–H groups in total. The summed E-state index contributed by atoms with van der Waals surface area (Å²) < 4.78 is 4.96. The summed E-state index contributed by atoms with van der Waals surface area (Å²) in [5.41, 5.74) is 2.20. The van der Waals surface area contributed by atoms with Crippen LogP contribution in [0, 0.1) is 6.92 Å². The molecule has 0 unspecified atom stereocenters. The van der Waals surface area contributed by atoms with E-state index in [1.54, 1.807) is 6.92 Å². The van der Waals surface area contributed by atoms with Gasteiger partial charge in [-0.2, -0.15) is 4.98 Å². The Labute approximate surface area is 139 Å². The van der Waals surface area contributed by atoms with Crippen LogP contribution in [0.3, 0.4) is 0 Å². The molecular formula is C17H21N5O2. The fourth-order valence-corrected chi connectivity index (χ4v) is 2.59. The van der Waals surface area contributed by atoms with Gasteiger partial charge in [-0.05, 0) is 23.9 Å². The predicted octanol–water partition coefficient (Wildman–Crippen LogP) is 2.85. The summed E-state index contributed by atoms with van der Waals surface area (Å²) in [4.78, 5) is 19.5. The second kappa shape index (κ2) is 7.16. The number of amides is 2. The van der Waals surface area contributed by atoms with Crippen LogP contribution in [-0.2, 0) is 6.42 Å². The Hall–Kier alpha value is -2.83. The number of hydrogen-bond acceptors (Lipinski definition) is 4. The molecule has 7 nitrogen and oxygen atoms in total. The summed E-state index contributed by atoms with van der Waals surface area (Å²) >= 11 is 0. The van der Waals surface area contributed by atoms with E-state index in [0.717, 1.165) is 17.6 Å². The number of H-pyrrole nitrogens is 1. The van der Waals surface area contributed by atoms with Gasteiger partial charge >= 0.3 is 6.03 Å². The Kier molecular flexibility index (Phi) is 4.79. The fraction of sp³-hybridized carbons (Fsp3) is 0.353. The maximum atomic E-state index is 12.0. The second-order valence-electron chi connectivity index (χ2n) is 5.66. The van der Waals surface area contributed by atoms with Gasteiger partial charge in [-0.3, -0.25) is 0 Å². The van der Waals surface area contributed by atoms with Crippen molar-refractivity contribution < 1.29 is 9.32 Å². The zero-order valence-corrected chi connectivity index (χ0v) is 13.8. The van der Waals surface area contributed by atoms with E-state index in [-0.39, 0.29) is 12.1 Å². The van der Waals surface area contributed by atoms with Crippen molar-refractivity contribution in [1.29, 1.82) is 0 Å². The first-order valence-electron chi connectivity index (χ1n) is 8.07. The normalized spacial score (nSPS) is 12.2. The lowest BCUT2D eigenvalue weighted by Crippen LogP contribution is -2.39. The van der Waals surface area contributed by atoms with Gasteiger partial charge in [-0.15, -0.1) is 0 Å². The van der Waals surface area contributed by atoms with Crippen molar-refractivity contribution in [2.75, 3.05) is 6.54 Å². The summed E-state index contributed by atoms with van der Waals surface area (Å²) in [6.07, 6.45) is 1.43. The van der Waals surface area contributed by atoms with Crippen molar-refractivity contribution in [2.24, 2.45) is 0 Å². The third-order valence-corrected chi connectivity index (χ3v) is 3.83. The summed E-state index contributed by atoms with van der Waals surface area (Å²) in [7, 11) is 0. The number of para-hydroxylation sites is 1. The molecular weight excluding hydrogens is 306 g/mol. The van der Waals surface area contributed by atoms with E-state index in [1.807, 2.05) is 25.1 Å². The molecule has 0 spiro atoms. The van der Waals surface area contributed by atoms with E-state index in [0.29, 0.717) is 24.7 Å². The van der Waals surface area contributed by atoms with Gasteiger partial charge in [0.2, 0.25) is 5.89 Å². The average molecular weight is 327 g/mol. The zero-order chi connectivity index (χ0) is 16.9. The molecule has 1 atom stereocenters. The van der Waals surface area contributed by atoms with Crippen LogP contribution in [0.5, 0.6) is 0 Å². The van der Waals surface area contributed by atoms with Crippen molar-refractivity contribution in [3.63, 3.8) is 0 Å². The second-order valence-corrected chi connectivity index (χ2v) is 5.66. The molecule has 2 aromatic heterocycles. The van der Waals surface area contributed by atoms with Crippen LogP contribution < -0.4 is 10.6 Å². The lowest BCUT2D eigenvalue weighted by molar-refractivity contribution is 0.236. The van der Waals surface area contributed by atoms with Gasteiger partial charge in [0.05, 0.1) is 6.04 Å². The standard InChI is InChI=1S/C17H21N5O2/c1-3-14(16-19-11(2)24-22-16)21-17(23)18-9-8-13-10-12-6-4-5-7-15(12)20-13/h4-7,10,14,20H,3,8-9H2,1-2H3,(H2,18,21,23)/t14-/m1/s1. The Morgan fingerprint density at radius 3 is 2.92 bits per heavy atom. The van der Waals surface area contributed by atoms with Crippen molar-refractivity contribution in [3.8, 4) is 0 Å². The number of benzene rings is 1. The molecule has 0 aliphatic rings. The highest BCUT2D eigenvalue weighted by atomic mass is 16.5. The number of carbonyl (C=O) groups is 1. The molecule has 7 heteroatoms. The molecule has 3 aromatic rings. The molecule has 0 radical (unpaired) electrons. The predicted molar refractivity (Wildman–Crippen MR) is 90.6 cm³/mol. The monoisotopic (exact) mass is 327 g/mol. The van der Waals surface area contributed by atoms with Crippen LogP contribution in [-0.4, -0.2) is 27.7 Å². The highest BCUT2D eigenvalue weighted by Gasteiger charge is 2.17. The average Bonchev–Trinajstić information content (AvgIpc) is 3.18. The molecule has 0 saturated heterocycles. The van der Waals surface area contributed by atoms with E-state index in [9.17, 15) is 4.79 Å². The van der Waals surface area contributed by atoms with Crippen molar-refractivity contribution in [3.05, 3.63) is 47.7 Å². The molecule has 3 rings (SSSR count). The Morgan fingerprint density at radius 1 is 1.38 bits per heavy atom. The SMILES string of the molecule is CC[C@@H](NC(=O)NCCc1cc2ccccc2[nH]1)c1noc(C)n1. The number of urea groups is 1. The van der Waals surface area contributed by atoms with E-state index < -0.39 is 0 Å². The van der Waals surface area contributed by atoms with Gasteiger partial charge in [-0.1, -0.05) is 30.3 Å². The number of aryl methyl sites for hydroxylation is 1. The van der Waals surface area contributed by atoms with Gasteiger partial charge in [0.25, 0.3) is 0 Å². The maximum absolute atomic E-state index is 12.0. The number of aromatic nitrogens is 3. The molecule has 0 aliphatic carbocycles. The molecule has 0 fully saturated rings. The summed E-state index contributed by atoms with van der Waals surface area (Å²) in [6.45, 7) is 4.23. The third kappa shape index (κ3) is 3.73. The quantitative estimate of drug-likeness (QED) is 0.648. The number of carbonyl (C=O) groups excluding carboxylic acids is 1. The smallest absolute Gasteiger partial charge is 0.315 e. The molecule has 2 amide bonds. The molecule has 2 heterocycles. The number of nitrogens with one attached hydrogen (secondary N) is 3. The van der Waals surface area contributed by atoms with Crippen LogP contribution in [0.25, 0.3) is 10.9 Å². The number of fused-ring (bicyclic) bond motifs is 1. The number of nitrogens with zero attached hydrogens (tertiary/aromatic N) is 2. The number of aromatic amines is 1. The lowest BCUT2D eigenvalue weighted by Gasteiger charge is -2.13. The Balaban J connectivity index is 1.49. The Bertz CT molecular complexity index is 790. The minimum Gasteiger partial charge on any atom is -0.358 e. The Morgan fingerprint density at radius 2 is 2.21 bits per heavy atom. The van der Waals surface area contributed by atoms with E-state index in [1.165, 1.54) is 5.39 Å². The topological polar surface area (TPSA) is 95.8 Å². The molecule has 0 aliphatic heterocycles.